The van der Waals surface area contributed by atoms with Crippen LogP contribution in [0.2, 0.25) is 0 Å². The number of ether oxygens (including phenoxy) is 2. The molecule has 0 saturated carbocycles. The number of benzene rings is 1. The van der Waals surface area contributed by atoms with Crippen molar-refractivity contribution in [2.45, 2.75) is 51.0 Å². The maximum atomic E-state index is 11.5. The minimum Gasteiger partial charge on any atom is -0.491 e. The first-order chi connectivity index (χ1) is 9.51. The molecule has 0 aliphatic rings. The topological polar surface area (TPSA) is 78.6 Å². The van der Waals surface area contributed by atoms with E-state index in [-0.39, 0.29) is 16.4 Å². The molecule has 0 spiro atoms. The SMILES string of the molecule is CC(C)OCCOc1ccc(S(N)(=O)=O)cc1C(C)(C)C. The van der Waals surface area contributed by atoms with Crippen LogP contribution in [0.25, 0.3) is 0 Å². The van der Waals surface area contributed by atoms with E-state index in [1.54, 1.807) is 12.1 Å². The average Bonchev–Trinajstić information content (AvgIpc) is 2.32. The number of primary sulfonamides is 1. The van der Waals surface area contributed by atoms with Gasteiger partial charge in [-0.2, -0.15) is 0 Å². The zero-order valence-electron chi connectivity index (χ0n) is 13.3. The van der Waals surface area contributed by atoms with Gasteiger partial charge in [0.05, 0.1) is 17.6 Å². The first kappa shape index (κ1) is 17.9. The van der Waals surface area contributed by atoms with Crippen LogP contribution < -0.4 is 9.88 Å². The van der Waals surface area contributed by atoms with Crippen LogP contribution in [0.4, 0.5) is 0 Å². The van der Waals surface area contributed by atoms with Gasteiger partial charge in [-0.25, -0.2) is 13.6 Å². The standard InChI is InChI=1S/C15H25NO4S/c1-11(2)19-8-9-20-14-7-6-12(21(16,17)18)10-13(14)15(3,4)5/h6-7,10-11H,8-9H2,1-5H3,(H2,16,17,18). The Hall–Kier alpha value is -1.11. The van der Waals surface area contributed by atoms with Crippen molar-refractivity contribution < 1.29 is 17.9 Å². The van der Waals surface area contributed by atoms with Crippen LogP contribution in [0.1, 0.15) is 40.2 Å². The summed E-state index contributed by atoms with van der Waals surface area (Å²) < 4.78 is 34.1. The van der Waals surface area contributed by atoms with Crippen molar-refractivity contribution in [2.75, 3.05) is 13.2 Å². The normalized spacial score (nSPS) is 12.7. The van der Waals surface area contributed by atoms with E-state index < -0.39 is 10.0 Å². The Kier molecular flexibility index (Phi) is 5.78. The fraction of sp³-hybridized carbons (Fsp3) is 0.600. The quantitative estimate of drug-likeness (QED) is 0.818. The maximum absolute atomic E-state index is 11.5. The summed E-state index contributed by atoms with van der Waals surface area (Å²) in [6, 6.07) is 4.69. The maximum Gasteiger partial charge on any atom is 0.238 e. The highest BCUT2D eigenvalue weighted by atomic mass is 32.2. The first-order valence-corrected chi connectivity index (χ1v) is 8.48. The molecule has 6 heteroatoms. The number of hydrogen-bond acceptors (Lipinski definition) is 4. The van der Waals surface area contributed by atoms with Gasteiger partial charge in [0.25, 0.3) is 0 Å². The Morgan fingerprint density at radius 2 is 1.81 bits per heavy atom. The minimum absolute atomic E-state index is 0.0956. The van der Waals surface area contributed by atoms with E-state index in [0.717, 1.165) is 5.56 Å². The summed E-state index contributed by atoms with van der Waals surface area (Å²) in [6.07, 6.45) is 0.153. The number of hydrogen-bond donors (Lipinski definition) is 1. The van der Waals surface area contributed by atoms with Gasteiger partial charge in [-0.05, 0) is 37.5 Å². The second-order valence-electron chi connectivity index (χ2n) is 6.22. The van der Waals surface area contributed by atoms with Crippen LogP contribution >= 0.6 is 0 Å². The molecule has 0 bridgehead atoms. The van der Waals surface area contributed by atoms with Crippen molar-refractivity contribution >= 4 is 10.0 Å². The summed E-state index contributed by atoms with van der Waals surface area (Å²) in [7, 11) is -3.72. The van der Waals surface area contributed by atoms with Crippen LogP contribution in [-0.4, -0.2) is 27.7 Å². The Labute approximate surface area is 127 Å². The molecule has 0 atom stereocenters. The molecule has 0 saturated heterocycles. The lowest BCUT2D eigenvalue weighted by atomic mass is 9.86. The summed E-state index contributed by atoms with van der Waals surface area (Å²) in [5.41, 5.74) is 0.549. The van der Waals surface area contributed by atoms with Crippen molar-refractivity contribution in [3.05, 3.63) is 23.8 Å². The van der Waals surface area contributed by atoms with E-state index in [2.05, 4.69) is 0 Å². The molecule has 0 aliphatic heterocycles. The molecular weight excluding hydrogens is 290 g/mol. The first-order valence-electron chi connectivity index (χ1n) is 6.93. The van der Waals surface area contributed by atoms with Gasteiger partial charge in [0.15, 0.2) is 0 Å². The Balaban J connectivity index is 2.99. The van der Waals surface area contributed by atoms with Gasteiger partial charge in [-0.3, -0.25) is 0 Å². The largest absolute Gasteiger partial charge is 0.491 e. The third kappa shape index (κ3) is 5.65. The van der Waals surface area contributed by atoms with Crippen LogP contribution in [0, 0.1) is 0 Å². The molecule has 1 aromatic rings. The smallest absolute Gasteiger partial charge is 0.238 e. The Morgan fingerprint density at radius 1 is 1.19 bits per heavy atom. The lowest BCUT2D eigenvalue weighted by Crippen LogP contribution is -2.18. The monoisotopic (exact) mass is 315 g/mol. The molecular formula is C15H25NO4S. The number of sulfonamides is 1. The molecule has 120 valence electrons. The molecule has 1 aromatic carbocycles. The minimum atomic E-state index is -3.72. The molecule has 21 heavy (non-hydrogen) atoms. The van der Waals surface area contributed by atoms with Crippen LogP contribution in [0.5, 0.6) is 5.75 Å². The van der Waals surface area contributed by atoms with Gasteiger partial charge in [-0.15, -0.1) is 0 Å². The fourth-order valence-electron chi connectivity index (χ4n) is 1.83. The zero-order valence-corrected chi connectivity index (χ0v) is 14.2. The van der Waals surface area contributed by atoms with Crippen LogP contribution in [-0.2, 0) is 20.2 Å². The highest BCUT2D eigenvalue weighted by Gasteiger charge is 2.22. The molecule has 0 aromatic heterocycles. The van der Waals surface area contributed by atoms with Crippen molar-refractivity contribution in [3.63, 3.8) is 0 Å². The molecule has 0 heterocycles. The van der Waals surface area contributed by atoms with Crippen LogP contribution in [0.3, 0.4) is 0 Å². The summed E-state index contributed by atoms with van der Waals surface area (Å²) in [5.74, 6) is 0.655. The third-order valence-electron chi connectivity index (χ3n) is 2.88. The zero-order chi connectivity index (χ0) is 16.3. The van der Waals surface area contributed by atoms with Gasteiger partial charge in [0, 0.05) is 5.56 Å². The van der Waals surface area contributed by atoms with Gasteiger partial charge in [0.2, 0.25) is 10.0 Å². The summed E-state index contributed by atoms with van der Waals surface area (Å²) in [6.45, 7) is 10.8. The highest BCUT2D eigenvalue weighted by Crippen LogP contribution is 2.33. The number of nitrogens with two attached hydrogens (primary N) is 1. The van der Waals surface area contributed by atoms with Crippen molar-refractivity contribution in [1.29, 1.82) is 0 Å². The Morgan fingerprint density at radius 3 is 2.29 bits per heavy atom. The van der Waals surface area contributed by atoms with E-state index in [9.17, 15) is 8.42 Å². The second kappa shape index (κ2) is 6.77. The molecule has 2 N–H and O–H groups in total. The second-order valence-corrected chi connectivity index (χ2v) is 7.78. The van der Waals surface area contributed by atoms with Gasteiger partial charge >= 0.3 is 0 Å². The summed E-state index contributed by atoms with van der Waals surface area (Å²) in [5, 5.41) is 5.19. The molecule has 5 nitrogen and oxygen atoms in total. The molecule has 0 amide bonds. The molecule has 0 radical (unpaired) electrons. The van der Waals surface area contributed by atoms with E-state index in [1.807, 2.05) is 34.6 Å². The van der Waals surface area contributed by atoms with Gasteiger partial charge < -0.3 is 9.47 Å². The van der Waals surface area contributed by atoms with Crippen molar-refractivity contribution in [2.24, 2.45) is 5.14 Å². The van der Waals surface area contributed by atoms with E-state index in [4.69, 9.17) is 14.6 Å². The van der Waals surface area contributed by atoms with E-state index in [1.165, 1.54) is 6.07 Å². The summed E-state index contributed by atoms with van der Waals surface area (Å²) >= 11 is 0. The van der Waals surface area contributed by atoms with Gasteiger partial charge in [-0.1, -0.05) is 20.8 Å². The molecule has 0 aliphatic carbocycles. The predicted octanol–water partition coefficient (Wildman–Crippen LogP) is 2.44. The number of rotatable bonds is 6. The summed E-state index contributed by atoms with van der Waals surface area (Å²) in [4.78, 5) is 0.0956. The molecule has 1 rings (SSSR count). The van der Waals surface area contributed by atoms with E-state index in [0.29, 0.717) is 19.0 Å². The van der Waals surface area contributed by atoms with E-state index >= 15 is 0 Å². The van der Waals surface area contributed by atoms with Gasteiger partial charge in [0.1, 0.15) is 12.4 Å². The third-order valence-corrected chi connectivity index (χ3v) is 3.79. The van der Waals surface area contributed by atoms with Crippen LogP contribution in [0.15, 0.2) is 23.1 Å². The Bertz CT molecular complexity index is 574. The molecule has 0 fully saturated rings. The van der Waals surface area contributed by atoms with Crippen molar-refractivity contribution in [1.82, 2.24) is 0 Å². The predicted molar refractivity (Wildman–Crippen MR) is 83.1 cm³/mol. The lowest BCUT2D eigenvalue weighted by molar-refractivity contribution is 0.0548. The van der Waals surface area contributed by atoms with Crippen molar-refractivity contribution in [3.8, 4) is 5.75 Å². The molecule has 0 unspecified atom stereocenters. The fourth-order valence-corrected chi connectivity index (χ4v) is 2.37. The highest BCUT2D eigenvalue weighted by molar-refractivity contribution is 7.89. The average molecular weight is 315 g/mol. The lowest BCUT2D eigenvalue weighted by Gasteiger charge is -2.23.